The number of nitro benzene ring substituents is 1. The van der Waals surface area contributed by atoms with E-state index in [1.807, 2.05) is 0 Å². The summed E-state index contributed by atoms with van der Waals surface area (Å²) in [5.41, 5.74) is 3.04. The minimum absolute atomic E-state index is 0.000806. The van der Waals surface area contributed by atoms with Crippen LogP contribution in [-0.2, 0) is 10.5 Å². The van der Waals surface area contributed by atoms with Crippen molar-refractivity contribution >= 4 is 35.2 Å². The number of rotatable bonds is 6. The van der Waals surface area contributed by atoms with E-state index in [-0.39, 0.29) is 17.0 Å². The van der Waals surface area contributed by atoms with Crippen LogP contribution in [0.2, 0.25) is 0 Å². The monoisotopic (exact) mass is 477 g/mol. The number of non-ortho nitro benzene ring substituents is 1. The third-order valence-electron chi connectivity index (χ3n) is 5.81. The van der Waals surface area contributed by atoms with Crippen molar-refractivity contribution in [2.24, 2.45) is 0 Å². The van der Waals surface area contributed by atoms with Gasteiger partial charge in [0.05, 0.1) is 10.5 Å². The first-order valence-electron chi connectivity index (χ1n) is 10.6. The number of benzene rings is 2. The molecule has 1 aliphatic heterocycles. The van der Waals surface area contributed by atoms with Crippen LogP contribution in [0.1, 0.15) is 46.8 Å². The molecular formula is C23H19N5O5S. The molecule has 3 aromatic rings. The number of carbonyl (C=O) groups is 2. The van der Waals surface area contributed by atoms with Gasteiger partial charge in [-0.3, -0.25) is 14.9 Å². The lowest BCUT2D eigenvalue weighted by Crippen LogP contribution is -2.31. The van der Waals surface area contributed by atoms with Crippen LogP contribution in [-0.4, -0.2) is 36.5 Å². The molecule has 5 rings (SSSR count). The number of aromatic carboxylic acids is 1. The Kier molecular flexibility index (Phi) is 5.62. The van der Waals surface area contributed by atoms with E-state index in [2.05, 4.69) is 15.4 Å². The van der Waals surface area contributed by atoms with Gasteiger partial charge in [-0.25, -0.2) is 9.48 Å². The molecule has 10 nitrogen and oxygen atoms in total. The number of carboxylic acid groups (broad SMARTS) is 1. The zero-order chi connectivity index (χ0) is 23.8. The second-order valence-electron chi connectivity index (χ2n) is 8.00. The lowest BCUT2D eigenvalue weighted by atomic mass is 9.85. The third kappa shape index (κ3) is 4.05. The molecule has 0 unspecified atom stereocenters. The lowest BCUT2D eigenvalue weighted by Gasteiger charge is -2.32. The maximum atomic E-state index is 12.9. The number of carboxylic acids is 1. The Bertz CT molecular complexity index is 1350. The van der Waals surface area contributed by atoms with Crippen LogP contribution in [0.25, 0.3) is 0 Å². The second kappa shape index (κ2) is 8.75. The molecule has 0 radical (unpaired) electrons. The van der Waals surface area contributed by atoms with Gasteiger partial charge in [-0.1, -0.05) is 36.0 Å². The van der Waals surface area contributed by atoms with Crippen LogP contribution in [0, 0.1) is 10.1 Å². The standard InChI is InChI=1S/C23H19N5O5S/c29-18-6-2-5-17-19(18)20(15-3-1-4-16(11-15)28(32)33)27-22(24-17)25-23(26-27)34-12-13-7-9-14(10-8-13)21(30)31/h1,3-4,7-11,20H,2,5-6,12H2,(H,30,31)(H,24,25,26)/t20-/m0/s1. The molecule has 1 atom stereocenters. The highest BCUT2D eigenvalue weighted by Gasteiger charge is 2.37. The van der Waals surface area contributed by atoms with Crippen LogP contribution < -0.4 is 5.32 Å². The molecule has 0 amide bonds. The number of anilines is 1. The van der Waals surface area contributed by atoms with Crippen molar-refractivity contribution in [2.45, 2.75) is 36.2 Å². The summed E-state index contributed by atoms with van der Waals surface area (Å²) in [7, 11) is 0. The van der Waals surface area contributed by atoms with Gasteiger partial charge < -0.3 is 10.4 Å². The van der Waals surface area contributed by atoms with E-state index in [9.17, 15) is 19.7 Å². The minimum atomic E-state index is -0.980. The Morgan fingerprint density at radius 3 is 2.76 bits per heavy atom. The molecular weight excluding hydrogens is 458 g/mol. The number of Topliss-reactive ketones (excluding diaryl/α,β-unsaturated/α-hetero) is 1. The first kappa shape index (κ1) is 21.8. The number of nitrogens with zero attached hydrogens (tertiary/aromatic N) is 4. The van der Waals surface area contributed by atoms with Gasteiger partial charge in [-0.2, -0.15) is 4.98 Å². The summed E-state index contributed by atoms with van der Waals surface area (Å²) in [6.45, 7) is 0. The summed E-state index contributed by atoms with van der Waals surface area (Å²) in [4.78, 5) is 39.4. The van der Waals surface area contributed by atoms with Crippen LogP contribution in [0.15, 0.2) is 65.0 Å². The second-order valence-corrected chi connectivity index (χ2v) is 8.94. The molecule has 2 N–H and O–H groups in total. The average molecular weight is 478 g/mol. The van der Waals surface area contributed by atoms with Crippen molar-refractivity contribution in [3.05, 3.63) is 86.6 Å². The molecule has 34 heavy (non-hydrogen) atoms. The van der Waals surface area contributed by atoms with E-state index in [1.54, 1.807) is 41.1 Å². The van der Waals surface area contributed by atoms with E-state index >= 15 is 0 Å². The van der Waals surface area contributed by atoms with Crippen molar-refractivity contribution in [1.82, 2.24) is 14.8 Å². The fourth-order valence-corrected chi connectivity index (χ4v) is 4.99. The number of thioether (sulfide) groups is 1. The van der Waals surface area contributed by atoms with Crippen molar-refractivity contribution in [3.63, 3.8) is 0 Å². The van der Waals surface area contributed by atoms with Gasteiger partial charge in [0, 0.05) is 35.6 Å². The fourth-order valence-electron chi connectivity index (χ4n) is 4.21. The van der Waals surface area contributed by atoms with E-state index in [4.69, 9.17) is 5.11 Å². The highest BCUT2D eigenvalue weighted by molar-refractivity contribution is 7.98. The maximum Gasteiger partial charge on any atom is 0.335 e. The number of nitrogens with one attached hydrogen (secondary N) is 1. The highest BCUT2D eigenvalue weighted by atomic mass is 32.2. The van der Waals surface area contributed by atoms with Crippen LogP contribution in [0.3, 0.4) is 0 Å². The number of allylic oxidation sites excluding steroid dienone is 2. The van der Waals surface area contributed by atoms with E-state index in [0.717, 1.165) is 17.7 Å². The first-order chi connectivity index (χ1) is 16.4. The molecule has 0 bridgehead atoms. The van der Waals surface area contributed by atoms with Gasteiger partial charge >= 0.3 is 5.97 Å². The van der Waals surface area contributed by atoms with Gasteiger partial charge in [-0.05, 0) is 36.1 Å². The highest BCUT2D eigenvalue weighted by Crippen LogP contribution is 2.41. The summed E-state index contributed by atoms with van der Waals surface area (Å²) in [6, 6.07) is 12.3. The van der Waals surface area contributed by atoms with Crippen LogP contribution >= 0.6 is 11.8 Å². The summed E-state index contributed by atoms with van der Waals surface area (Å²) < 4.78 is 1.62. The zero-order valence-electron chi connectivity index (χ0n) is 17.8. The SMILES string of the molecule is O=C1CCCC2=C1[C@H](c1cccc([N+](=O)[O-])c1)n1nc(SCc3ccc(C(=O)O)cc3)nc1N2. The number of carbonyl (C=O) groups excluding carboxylic acids is 1. The number of hydrogen-bond donors (Lipinski definition) is 2. The van der Waals surface area contributed by atoms with E-state index < -0.39 is 16.9 Å². The molecule has 2 heterocycles. The van der Waals surface area contributed by atoms with Crippen LogP contribution in [0.5, 0.6) is 0 Å². The predicted octanol–water partition coefficient (Wildman–Crippen LogP) is 4.20. The van der Waals surface area contributed by atoms with E-state index in [0.29, 0.717) is 40.8 Å². The topological polar surface area (TPSA) is 140 Å². The van der Waals surface area contributed by atoms with Crippen molar-refractivity contribution in [1.29, 1.82) is 0 Å². The van der Waals surface area contributed by atoms with Gasteiger partial charge in [0.2, 0.25) is 11.1 Å². The minimum Gasteiger partial charge on any atom is -0.478 e. The molecule has 0 saturated heterocycles. The molecule has 2 aliphatic rings. The normalized spacial score (nSPS) is 17.1. The summed E-state index contributed by atoms with van der Waals surface area (Å²) in [6.07, 6.45) is 1.84. The van der Waals surface area contributed by atoms with E-state index in [1.165, 1.54) is 23.9 Å². The third-order valence-corrected chi connectivity index (χ3v) is 6.72. The number of ketones is 1. The van der Waals surface area contributed by atoms with Crippen molar-refractivity contribution in [2.75, 3.05) is 5.32 Å². The Balaban J connectivity index is 1.48. The number of aromatic nitrogens is 3. The van der Waals surface area contributed by atoms with Crippen molar-refractivity contribution < 1.29 is 19.6 Å². The largest absolute Gasteiger partial charge is 0.478 e. The predicted molar refractivity (Wildman–Crippen MR) is 124 cm³/mol. The van der Waals surface area contributed by atoms with Crippen molar-refractivity contribution in [3.8, 4) is 0 Å². The summed E-state index contributed by atoms with van der Waals surface area (Å²) in [5, 5.41) is 28.7. The molecule has 172 valence electrons. The smallest absolute Gasteiger partial charge is 0.335 e. The van der Waals surface area contributed by atoms with Crippen LogP contribution in [0.4, 0.5) is 11.6 Å². The fraction of sp³-hybridized carbons (Fsp3) is 0.217. The number of hydrogen-bond acceptors (Lipinski definition) is 8. The number of fused-ring (bicyclic) bond motifs is 1. The zero-order valence-corrected chi connectivity index (χ0v) is 18.6. The lowest BCUT2D eigenvalue weighted by molar-refractivity contribution is -0.384. The van der Waals surface area contributed by atoms with Gasteiger partial charge in [0.25, 0.3) is 5.69 Å². The van der Waals surface area contributed by atoms with Gasteiger partial charge in [0.15, 0.2) is 5.78 Å². The first-order valence-corrected chi connectivity index (χ1v) is 11.6. The van der Waals surface area contributed by atoms with Gasteiger partial charge in [-0.15, -0.1) is 5.10 Å². The molecule has 2 aromatic carbocycles. The number of nitro groups is 1. The average Bonchev–Trinajstić information content (AvgIpc) is 3.24. The molecule has 0 spiro atoms. The maximum absolute atomic E-state index is 12.9. The molecule has 11 heteroatoms. The molecule has 1 aromatic heterocycles. The Labute approximate surface area is 197 Å². The Morgan fingerprint density at radius 1 is 1.24 bits per heavy atom. The Hall–Kier alpha value is -3.99. The van der Waals surface area contributed by atoms with Gasteiger partial charge in [0.1, 0.15) is 6.04 Å². The quantitative estimate of drug-likeness (QED) is 0.303. The summed E-state index contributed by atoms with van der Waals surface area (Å²) >= 11 is 1.38. The molecule has 1 aliphatic carbocycles. The summed E-state index contributed by atoms with van der Waals surface area (Å²) in [5.74, 6) is 0.0245. The molecule has 0 fully saturated rings. The molecule has 0 saturated carbocycles. The Morgan fingerprint density at radius 2 is 2.03 bits per heavy atom.